The van der Waals surface area contributed by atoms with Crippen LogP contribution in [0.2, 0.25) is 0 Å². The summed E-state index contributed by atoms with van der Waals surface area (Å²) in [6.07, 6.45) is 1.59. The molecule has 2 rings (SSSR count). The highest BCUT2D eigenvalue weighted by Gasteiger charge is 2.09. The van der Waals surface area contributed by atoms with Gasteiger partial charge < -0.3 is 19.6 Å². The molecule has 26 heavy (non-hydrogen) atoms. The average Bonchev–Trinajstić information content (AvgIpc) is 2.63. The lowest BCUT2D eigenvalue weighted by Gasteiger charge is -2.12. The number of amides is 1. The summed E-state index contributed by atoms with van der Waals surface area (Å²) >= 11 is 0. The van der Waals surface area contributed by atoms with Crippen molar-refractivity contribution in [2.75, 3.05) is 25.1 Å². The normalized spacial score (nSPS) is 10.6. The second-order valence-electron chi connectivity index (χ2n) is 5.44. The third kappa shape index (κ3) is 5.81. The van der Waals surface area contributed by atoms with Crippen molar-refractivity contribution in [3.63, 3.8) is 0 Å². The minimum Gasteiger partial charge on any atom is -0.490 e. The van der Waals surface area contributed by atoms with E-state index < -0.39 is 0 Å². The number of benzene rings is 2. The molecule has 0 aromatic heterocycles. The number of hydrogen-bond donors (Lipinski definition) is 1. The molecule has 6 nitrogen and oxygen atoms in total. The molecule has 2 aromatic carbocycles. The predicted octanol–water partition coefficient (Wildman–Crippen LogP) is 3.78. The van der Waals surface area contributed by atoms with E-state index >= 15 is 0 Å². The summed E-state index contributed by atoms with van der Waals surface area (Å²) in [7, 11) is 0. The van der Waals surface area contributed by atoms with E-state index in [2.05, 4.69) is 10.5 Å². The predicted molar refractivity (Wildman–Crippen MR) is 102 cm³/mol. The van der Waals surface area contributed by atoms with Gasteiger partial charge in [-0.15, -0.1) is 0 Å². The van der Waals surface area contributed by atoms with Crippen molar-refractivity contribution in [3.8, 4) is 11.5 Å². The molecule has 0 radical (unpaired) electrons. The number of carbonyl (C=O) groups excluding carboxylic acids is 1. The Bertz CT molecular complexity index is 759. The largest absolute Gasteiger partial charge is 0.490 e. The molecular formula is C20H24N2O4. The van der Waals surface area contributed by atoms with Crippen LogP contribution in [0.15, 0.2) is 47.6 Å². The molecule has 0 unspecified atom stereocenters. The second kappa shape index (κ2) is 10.1. The van der Waals surface area contributed by atoms with Crippen LogP contribution >= 0.6 is 0 Å². The molecule has 0 saturated carbocycles. The molecule has 0 bridgehead atoms. The van der Waals surface area contributed by atoms with Gasteiger partial charge in [0, 0.05) is 11.8 Å². The third-order valence-corrected chi connectivity index (χ3v) is 3.48. The Kier molecular flexibility index (Phi) is 7.49. The molecular weight excluding hydrogens is 332 g/mol. The number of anilines is 1. The monoisotopic (exact) mass is 356 g/mol. The van der Waals surface area contributed by atoms with Gasteiger partial charge in [0.2, 0.25) is 0 Å². The fourth-order valence-corrected chi connectivity index (χ4v) is 2.25. The average molecular weight is 356 g/mol. The van der Waals surface area contributed by atoms with Crippen molar-refractivity contribution in [2.24, 2.45) is 5.16 Å². The van der Waals surface area contributed by atoms with Crippen molar-refractivity contribution in [2.45, 2.75) is 20.8 Å². The number of nitrogens with one attached hydrogen (secondary N) is 1. The molecule has 1 amide bonds. The van der Waals surface area contributed by atoms with Crippen LogP contribution in [-0.2, 0) is 9.63 Å². The minimum absolute atomic E-state index is 0.181. The quantitative estimate of drug-likeness (QED) is 0.548. The zero-order chi connectivity index (χ0) is 18.8. The lowest BCUT2D eigenvalue weighted by atomic mass is 10.1. The van der Waals surface area contributed by atoms with Gasteiger partial charge in [0.15, 0.2) is 18.1 Å². The summed E-state index contributed by atoms with van der Waals surface area (Å²) in [5, 5.41) is 6.59. The van der Waals surface area contributed by atoms with Crippen LogP contribution < -0.4 is 14.8 Å². The van der Waals surface area contributed by atoms with Gasteiger partial charge in [-0.1, -0.05) is 29.4 Å². The van der Waals surface area contributed by atoms with Crippen molar-refractivity contribution < 1.29 is 19.1 Å². The standard InChI is InChI=1S/C20H24N2O4/c1-4-24-18-11-10-17(12-19(18)25-5-2)22-20(23)14-26-21-13-16-9-7-6-8-15(16)3/h6-13H,4-5,14H2,1-3H3,(H,22,23)/b21-13-. The zero-order valence-corrected chi connectivity index (χ0v) is 15.3. The minimum atomic E-state index is -0.307. The van der Waals surface area contributed by atoms with E-state index in [1.807, 2.05) is 45.0 Å². The van der Waals surface area contributed by atoms with E-state index in [0.29, 0.717) is 30.4 Å². The molecule has 0 heterocycles. The first-order chi connectivity index (χ1) is 12.6. The third-order valence-electron chi connectivity index (χ3n) is 3.48. The van der Waals surface area contributed by atoms with Gasteiger partial charge in [-0.2, -0.15) is 0 Å². The van der Waals surface area contributed by atoms with Crippen molar-refractivity contribution in [3.05, 3.63) is 53.6 Å². The van der Waals surface area contributed by atoms with Gasteiger partial charge in [0.25, 0.3) is 5.91 Å². The Morgan fingerprint density at radius 2 is 1.81 bits per heavy atom. The van der Waals surface area contributed by atoms with E-state index in [0.717, 1.165) is 11.1 Å². The first kappa shape index (κ1) is 19.3. The van der Waals surface area contributed by atoms with Gasteiger partial charge in [0.1, 0.15) is 0 Å². The van der Waals surface area contributed by atoms with E-state index in [1.165, 1.54) is 0 Å². The van der Waals surface area contributed by atoms with Crippen LogP contribution in [0.5, 0.6) is 11.5 Å². The Balaban J connectivity index is 1.89. The number of ether oxygens (including phenoxy) is 2. The summed E-state index contributed by atoms with van der Waals surface area (Å²) in [4.78, 5) is 17.1. The first-order valence-corrected chi connectivity index (χ1v) is 8.54. The Morgan fingerprint density at radius 1 is 1.08 bits per heavy atom. The highest BCUT2D eigenvalue weighted by atomic mass is 16.6. The number of rotatable bonds is 9. The smallest absolute Gasteiger partial charge is 0.265 e. The molecule has 0 aliphatic heterocycles. The van der Waals surface area contributed by atoms with Gasteiger partial charge in [0.05, 0.1) is 19.4 Å². The molecule has 0 aliphatic rings. The summed E-state index contributed by atoms with van der Waals surface area (Å²) in [5.74, 6) is 0.926. The number of carbonyl (C=O) groups is 1. The molecule has 0 spiro atoms. The number of oxime groups is 1. The van der Waals surface area contributed by atoms with E-state index in [9.17, 15) is 4.79 Å². The molecule has 0 atom stereocenters. The highest BCUT2D eigenvalue weighted by Crippen LogP contribution is 2.30. The van der Waals surface area contributed by atoms with Crippen LogP contribution in [0.3, 0.4) is 0 Å². The van der Waals surface area contributed by atoms with Crippen molar-refractivity contribution in [1.29, 1.82) is 0 Å². The Morgan fingerprint density at radius 3 is 2.54 bits per heavy atom. The molecule has 0 saturated heterocycles. The molecule has 2 aromatic rings. The Hall–Kier alpha value is -3.02. The molecule has 1 N–H and O–H groups in total. The van der Waals surface area contributed by atoms with Crippen LogP contribution in [0.25, 0.3) is 0 Å². The topological polar surface area (TPSA) is 69.2 Å². The zero-order valence-electron chi connectivity index (χ0n) is 15.3. The first-order valence-electron chi connectivity index (χ1n) is 8.54. The van der Waals surface area contributed by atoms with Crippen LogP contribution in [0, 0.1) is 6.92 Å². The lowest BCUT2D eigenvalue weighted by molar-refractivity contribution is -0.120. The van der Waals surface area contributed by atoms with Gasteiger partial charge in [-0.25, -0.2) is 0 Å². The fraction of sp³-hybridized carbons (Fsp3) is 0.300. The lowest BCUT2D eigenvalue weighted by Crippen LogP contribution is -2.17. The SMILES string of the molecule is CCOc1ccc(NC(=O)CO/N=C\c2ccccc2C)cc1OCC. The maximum absolute atomic E-state index is 12.0. The van der Waals surface area contributed by atoms with E-state index in [4.69, 9.17) is 14.3 Å². The van der Waals surface area contributed by atoms with Crippen LogP contribution in [0.1, 0.15) is 25.0 Å². The van der Waals surface area contributed by atoms with Gasteiger partial charge >= 0.3 is 0 Å². The highest BCUT2D eigenvalue weighted by molar-refractivity contribution is 5.92. The second-order valence-corrected chi connectivity index (χ2v) is 5.44. The summed E-state index contributed by atoms with van der Waals surface area (Å²) in [6, 6.07) is 13.0. The molecule has 138 valence electrons. The Labute approximate surface area is 153 Å². The molecule has 0 aliphatic carbocycles. The van der Waals surface area contributed by atoms with Gasteiger partial charge in [-0.3, -0.25) is 4.79 Å². The van der Waals surface area contributed by atoms with E-state index in [-0.39, 0.29) is 12.5 Å². The fourth-order valence-electron chi connectivity index (χ4n) is 2.25. The van der Waals surface area contributed by atoms with E-state index in [1.54, 1.807) is 24.4 Å². The number of hydrogen-bond acceptors (Lipinski definition) is 5. The number of nitrogens with zero attached hydrogens (tertiary/aromatic N) is 1. The maximum Gasteiger partial charge on any atom is 0.265 e. The van der Waals surface area contributed by atoms with Crippen LogP contribution in [0.4, 0.5) is 5.69 Å². The van der Waals surface area contributed by atoms with Crippen LogP contribution in [-0.4, -0.2) is 31.9 Å². The number of aryl methyl sites for hydroxylation is 1. The molecule has 6 heteroatoms. The maximum atomic E-state index is 12.0. The van der Waals surface area contributed by atoms with Crippen molar-refractivity contribution >= 4 is 17.8 Å². The summed E-state index contributed by atoms with van der Waals surface area (Å²) in [6.45, 7) is 6.64. The summed E-state index contributed by atoms with van der Waals surface area (Å²) < 4.78 is 11.0. The van der Waals surface area contributed by atoms with Gasteiger partial charge in [-0.05, 0) is 44.0 Å². The summed E-state index contributed by atoms with van der Waals surface area (Å²) in [5.41, 5.74) is 2.64. The van der Waals surface area contributed by atoms with Crippen molar-refractivity contribution in [1.82, 2.24) is 0 Å². The molecule has 0 fully saturated rings.